The lowest BCUT2D eigenvalue weighted by molar-refractivity contribution is -0.385. The molecule has 0 saturated heterocycles. The molecule has 0 saturated carbocycles. The van der Waals surface area contributed by atoms with E-state index in [4.69, 9.17) is 14.2 Å². The quantitative estimate of drug-likeness (QED) is 0.269. The second-order valence-electron chi connectivity index (χ2n) is 8.18. The Morgan fingerprint density at radius 3 is 2.69 bits per heavy atom. The van der Waals surface area contributed by atoms with Gasteiger partial charge >= 0.3 is 5.97 Å². The zero-order valence-electron chi connectivity index (χ0n) is 20.1. The normalized spacial score (nSPS) is 13.8. The van der Waals surface area contributed by atoms with Crippen LogP contribution in [-0.4, -0.2) is 43.0 Å². The first kappa shape index (κ1) is 25.1. The third-order valence-corrected chi connectivity index (χ3v) is 6.54. The number of fused-ring (bicyclic) bond motifs is 1. The summed E-state index contributed by atoms with van der Waals surface area (Å²) >= 11 is 1.14. The lowest BCUT2D eigenvalue weighted by Gasteiger charge is -2.20. The van der Waals surface area contributed by atoms with Crippen molar-refractivity contribution in [2.75, 3.05) is 32.4 Å². The van der Waals surface area contributed by atoms with Crippen LogP contribution in [0.1, 0.15) is 23.6 Å². The first-order valence-corrected chi connectivity index (χ1v) is 12.0. The van der Waals surface area contributed by atoms with Crippen LogP contribution in [0.4, 0.5) is 11.4 Å². The van der Waals surface area contributed by atoms with Crippen molar-refractivity contribution < 1.29 is 23.9 Å². The van der Waals surface area contributed by atoms with Crippen LogP contribution in [0.2, 0.25) is 0 Å². The van der Waals surface area contributed by atoms with Crippen LogP contribution < -0.4 is 24.4 Å². The fraction of sp³-hybridized carbons (Fsp3) is 0.280. The van der Waals surface area contributed by atoms with Gasteiger partial charge in [-0.2, -0.15) is 0 Å². The molecule has 0 aliphatic carbocycles. The number of hydrogen-bond acceptors (Lipinski definition) is 9. The molecule has 1 aliphatic heterocycles. The summed E-state index contributed by atoms with van der Waals surface area (Å²) < 4.78 is 18.1. The van der Waals surface area contributed by atoms with Crippen molar-refractivity contribution in [3.05, 3.63) is 82.8 Å². The molecule has 36 heavy (non-hydrogen) atoms. The van der Waals surface area contributed by atoms with E-state index < -0.39 is 10.9 Å². The van der Waals surface area contributed by atoms with E-state index in [-0.39, 0.29) is 37.8 Å². The van der Waals surface area contributed by atoms with E-state index in [0.29, 0.717) is 26.1 Å². The number of nitrogens with zero attached hydrogens (tertiary/aromatic N) is 3. The number of rotatable bonds is 7. The Labute approximate surface area is 210 Å². The number of anilines is 1. The molecule has 0 N–H and O–H groups in total. The van der Waals surface area contributed by atoms with E-state index in [1.165, 1.54) is 22.8 Å². The second kappa shape index (κ2) is 10.8. The number of benzene rings is 2. The second-order valence-corrected chi connectivity index (χ2v) is 9.25. The smallest absolute Gasteiger partial charge is 0.333 e. The molecule has 0 bridgehead atoms. The molecule has 0 radical (unpaired) electrons. The average molecular weight is 512 g/mol. The highest BCUT2D eigenvalue weighted by Crippen LogP contribution is 2.32. The van der Waals surface area contributed by atoms with Crippen LogP contribution >= 0.6 is 11.3 Å². The van der Waals surface area contributed by atoms with Gasteiger partial charge in [0.1, 0.15) is 10.4 Å². The molecular weight excluding hydrogens is 486 g/mol. The maximum atomic E-state index is 13.5. The number of carbonyl (C=O) groups excluding carboxylic acids is 1. The molecule has 0 atom stereocenters. The molecule has 2 heterocycles. The molecule has 10 nitrogen and oxygen atoms in total. The highest BCUT2D eigenvalue weighted by Gasteiger charge is 2.22. The highest BCUT2D eigenvalue weighted by atomic mass is 32.1. The van der Waals surface area contributed by atoms with Crippen molar-refractivity contribution in [3.8, 4) is 5.75 Å². The van der Waals surface area contributed by atoms with Crippen LogP contribution in [0, 0.1) is 10.1 Å². The van der Waals surface area contributed by atoms with Crippen molar-refractivity contribution >= 4 is 40.8 Å². The Kier molecular flexibility index (Phi) is 7.51. The van der Waals surface area contributed by atoms with Crippen LogP contribution in [-0.2, 0) is 27.4 Å². The third-order valence-electron chi connectivity index (χ3n) is 5.48. The Hall–Kier alpha value is -3.96. The fourth-order valence-corrected chi connectivity index (χ4v) is 4.80. The summed E-state index contributed by atoms with van der Waals surface area (Å²) in [4.78, 5) is 38.7. The number of aromatic nitrogens is 1. The van der Waals surface area contributed by atoms with E-state index >= 15 is 0 Å². The predicted molar refractivity (Wildman–Crippen MR) is 136 cm³/mol. The minimum absolute atomic E-state index is 0.000125. The molecule has 0 spiro atoms. The van der Waals surface area contributed by atoms with Gasteiger partial charge in [0.25, 0.3) is 11.2 Å². The Bertz CT molecular complexity index is 1470. The molecular formula is C25H25N3O7S. The van der Waals surface area contributed by atoms with Gasteiger partial charge in [-0.25, -0.2) is 4.79 Å². The number of nitro groups is 1. The fourth-order valence-electron chi connectivity index (χ4n) is 3.77. The van der Waals surface area contributed by atoms with E-state index in [0.717, 1.165) is 22.6 Å². The van der Waals surface area contributed by atoms with Crippen LogP contribution in [0.25, 0.3) is 12.2 Å². The monoisotopic (exact) mass is 511 g/mol. The van der Waals surface area contributed by atoms with E-state index in [1.54, 1.807) is 13.0 Å². The summed E-state index contributed by atoms with van der Waals surface area (Å²) in [7, 11) is 3.88. The minimum Gasteiger partial charge on any atom is -0.467 e. The Morgan fingerprint density at radius 1 is 1.28 bits per heavy atom. The molecule has 2 aromatic carbocycles. The summed E-state index contributed by atoms with van der Waals surface area (Å²) in [5.74, 6) is -0.142. The first-order valence-electron chi connectivity index (χ1n) is 11.1. The first-order chi connectivity index (χ1) is 17.3. The van der Waals surface area contributed by atoms with E-state index in [9.17, 15) is 19.7 Å². The number of non-ortho nitro benzene ring substituents is 1. The summed E-state index contributed by atoms with van der Waals surface area (Å²) in [6.07, 6.45) is 3.01. The van der Waals surface area contributed by atoms with Gasteiger partial charge in [0.2, 0.25) is 0 Å². The average Bonchev–Trinajstić information content (AvgIpc) is 3.13. The van der Waals surface area contributed by atoms with Gasteiger partial charge < -0.3 is 19.1 Å². The van der Waals surface area contributed by atoms with Crippen molar-refractivity contribution in [2.24, 2.45) is 0 Å². The Morgan fingerprint density at radius 2 is 2.03 bits per heavy atom. The minimum atomic E-state index is -0.583. The lowest BCUT2D eigenvalue weighted by Crippen LogP contribution is -2.32. The molecule has 11 heteroatoms. The Balaban J connectivity index is 1.85. The van der Waals surface area contributed by atoms with Crippen molar-refractivity contribution in [1.82, 2.24) is 4.57 Å². The molecule has 3 aromatic rings. The molecule has 0 fully saturated rings. The van der Waals surface area contributed by atoms with Crippen LogP contribution in [0.15, 0.2) is 41.2 Å². The summed E-state index contributed by atoms with van der Waals surface area (Å²) in [5, 5.41) is 11.5. The van der Waals surface area contributed by atoms with Gasteiger partial charge in [-0.3, -0.25) is 19.5 Å². The number of nitro benzene ring substituents is 1. The zero-order valence-corrected chi connectivity index (χ0v) is 20.9. The number of hydrogen-bond donors (Lipinski definition) is 0. The van der Waals surface area contributed by atoms with Crippen LogP contribution in [0.3, 0.4) is 0 Å². The largest absolute Gasteiger partial charge is 0.467 e. The number of thiazole rings is 1. The van der Waals surface area contributed by atoms with Crippen molar-refractivity contribution in [2.45, 2.75) is 20.1 Å². The number of ether oxygens (including phenoxy) is 3. The molecule has 188 valence electrons. The molecule has 4 rings (SSSR count). The standard InChI is InChI=1S/C25H25N3O7S/c1-4-34-23(29)12-22-27(13-17-10-20(28(31)32)11-18-14-33-15-35-24(17)18)25(30)21(36-22)9-16-5-7-19(8-6-16)26(2)3/h5-12H,4,13-15H2,1-3H3/b21-9+,22-12-. The number of esters is 1. The highest BCUT2D eigenvalue weighted by molar-refractivity contribution is 7.07. The predicted octanol–water partition coefficient (Wildman–Crippen LogP) is 1.97. The van der Waals surface area contributed by atoms with Crippen molar-refractivity contribution in [1.29, 1.82) is 0 Å². The van der Waals surface area contributed by atoms with Gasteiger partial charge in [-0.05, 0) is 30.7 Å². The number of carbonyl (C=O) groups is 1. The topological polar surface area (TPSA) is 113 Å². The zero-order chi connectivity index (χ0) is 25.8. The molecule has 1 aliphatic rings. The lowest BCUT2D eigenvalue weighted by atomic mass is 10.1. The third kappa shape index (κ3) is 5.47. The van der Waals surface area contributed by atoms with Gasteiger partial charge in [-0.15, -0.1) is 11.3 Å². The molecule has 0 unspecified atom stereocenters. The van der Waals surface area contributed by atoms with E-state index in [2.05, 4.69) is 0 Å². The summed E-state index contributed by atoms with van der Waals surface area (Å²) in [6, 6.07) is 10.5. The van der Waals surface area contributed by atoms with Gasteiger partial charge in [0.05, 0.1) is 35.3 Å². The van der Waals surface area contributed by atoms with Gasteiger partial charge in [0.15, 0.2) is 6.79 Å². The maximum absolute atomic E-state index is 13.5. The molecule has 1 aromatic heterocycles. The SMILES string of the molecule is CCOC(=O)/C=c1\s/c(=C/c2ccc(N(C)C)cc2)c(=O)n1Cc1cc([N+](=O)[O-])cc2c1OCOC2. The van der Waals surface area contributed by atoms with Gasteiger partial charge in [-0.1, -0.05) is 12.1 Å². The molecule has 0 amide bonds. The van der Waals surface area contributed by atoms with Crippen LogP contribution in [0.5, 0.6) is 5.75 Å². The summed E-state index contributed by atoms with van der Waals surface area (Å²) in [6.45, 7) is 2.01. The summed E-state index contributed by atoms with van der Waals surface area (Å²) in [5.41, 5.74) is 2.35. The van der Waals surface area contributed by atoms with Crippen molar-refractivity contribution in [3.63, 3.8) is 0 Å². The van der Waals surface area contributed by atoms with Gasteiger partial charge in [0, 0.05) is 43.0 Å². The maximum Gasteiger partial charge on any atom is 0.333 e. The van der Waals surface area contributed by atoms with E-state index in [1.807, 2.05) is 43.3 Å².